The monoisotopic (exact) mass is 559 g/mol. The van der Waals surface area contributed by atoms with Crippen molar-refractivity contribution >= 4 is 28.2 Å². The quantitative estimate of drug-likeness (QED) is 0.272. The van der Waals surface area contributed by atoms with E-state index >= 15 is 0 Å². The smallest absolute Gasteiger partial charge is 0.263 e. The molecule has 3 N–H and O–H groups in total. The van der Waals surface area contributed by atoms with Crippen LogP contribution in [0.1, 0.15) is 37.5 Å². The number of anilines is 2. The number of hydrogen-bond donors (Lipinski definition) is 2. The summed E-state index contributed by atoms with van der Waals surface area (Å²) in [5.74, 6) is 0.337. The molecular formula is C32H29N7O3. The average molecular weight is 560 g/mol. The third-order valence-electron chi connectivity index (χ3n) is 7.63. The van der Waals surface area contributed by atoms with Gasteiger partial charge in [-0.3, -0.25) is 14.2 Å². The van der Waals surface area contributed by atoms with Crippen molar-refractivity contribution in [1.82, 2.24) is 19.1 Å². The molecule has 1 fully saturated rings. The zero-order chi connectivity index (χ0) is 29.2. The molecule has 42 heavy (non-hydrogen) atoms. The average Bonchev–Trinajstić information content (AvgIpc) is 3.02. The van der Waals surface area contributed by atoms with E-state index in [2.05, 4.69) is 20.1 Å². The molecule has 0 amide bonds. The van der Waals surface area contributed by atoms with Gasteiger partial charge in [0.2, 0.25) is 11.6 Å². The number of rotatable bonds is 6. The Morgan fingerprint density at radius 3 is 2.62 bits per heavy atom. The minimum absolute atomic E-state index is 0.0443. The largest absolute Gasteiger partial charge is 0.381 e. The summed E-state index contributed by atoms with van der Waals surface area (Å²) in [7, 11) is 0. The fourth-order valence-electron chi connectivity index (χ4n) is 5.55. The molecular weight excluding hydrogens is 530 g/mol. The lowest BCUT2D eigenvalue weighted by Crippen LogP contribution is -2.28. The zero-order valence-electron chi connectivity index (χ0n) is 23.0. The normalized spacial score (nSPS) is 14.4. The van der Waals surface area contributed by atoms with Crippen LogP contribution in [0.4, 0.5) is 17.5 Å². The predicted octanol–water partition coefficient (Wildman–Crippen LogP) is 5.27. The lowest BCUT2D eigenvalue weighted by molar-refractivity contribution is 0.0687. The van der Waals surface area contributed by atoms with Crippen molar-refractivity contribution in [2.45, 2.75) is 31.8 Å². The van der Waals surface area contributed by atoms with Crippen molar-refractivity contribution in [2.24, 2.45) is 0 Å². The summed E-state index contributed by atoms with van der Waals surface area (Å²) in [5, 5.41) is 4.56. The van der Waals surface area contributed by atoms with E-state index in [4.69, 9.17) is 17.0 Å². The van der Waals surface area contributed by atoms with E-state index < -0.39 is 6.04 Å². The van der Waals surface area contributed by atoms with Crippen LogP contribution < -0.4 is 22.2 Å². The van der Waals surface area contributed by atoms with Crippen molar-refractivity contribution in [3.05, 3.63) is 117 Å². The molecule has 0 unspecified atom stereocenters. The van der Waals surface area contributed by atoms with E-state index in [9.17, 15) is 9.59 Å². The molecule has 1 atom stereocenters. The van der Waals surface area contributed by atoms with Crippen molar-refractivity contribution in [2.75, 3.05) is 24.3 Å². The second-order valence-electron chi connectivity index (χ2n) is 10.3. The first-order valence-electron chi connectivity index (χ1n) is 13.8. The Labute approximate surface area is 241 Å². The summed E-state index contributed by atoms with van der Waals surface area (Å²) < 4.78 is 8.95. The first kappa shape index (κ1) is 26.9. The molecule has 0 aliphatic carbocycles. The van der Waals surface area contributed by atoms with Crippen LogP contribution in [0.3, 0.4) is 0 Å². The molecule has 0 bridgehead atoms. The number of nitrogens with two attached hydrogens (primary N) is 1. The molecule has 1 aliphatic heterocycles. The van der Waals surface area contributed by atoms with Crippen LogP contribution in [0, 0.1) is 6.57 Å². The summed E-state index contributed by atoms with van der Waals surface area (Å²) in [6.07, 6.45) is 4.77. The standard InChI is InChI=1S/C32H29N7O3/c1-20(36-30-26(34-2)18-35-32(33)37-30)27-17-21-7-6-10-25(29(21)31(41)39(27)24-8-4-3-5-9-24)22-11-12-28(40)38(19-22)23-13-15-42-16-14-23/h3-12,17-20,23H,13-16H2,1H3,(H3,33,35,36,37)/t20-/m0/s1. The molecule has 10 nitrogen and oxygen atoms in total. The Hall–Kier alpha value is -5.27. The van der Waals surface area contributed by atoms with E-state index in [-0.39, 0.29) is 28.8 Å². The van der Waals surface area contributed by atoms with Gasteiger partial charge in [-0.2, -0.15) is 0 Å². The fraction of sp³-hybridized carbons (Fsp3) is 0.219. The van der Waals surface area contributed by atoms with Crippen molar-refractivity contribution < 1.29 is 4.74 Å². The fourth-order valence-corrected chi connectivity index (χ4v) is 5.55. The van der Waals surface area contributed by atoms with Crippen LogP contribution in [-0.2, 0) is 4.74 Å². The molecule has 2 aromatic carbocycles. The van der Waals surface area contributed by atoms with Crippen LogP contribution in [0.15, 0.2) is 88.7 Å². The number of fused-ring (bicyclic) bond motifs is 1. The second kappa shape index (κ2) is 11.3. The molecule has 210 valence electrons. The number of nitrogens with zero attached hydrogens (tertiary/aromatic N) is 5. The van der Waals surface area contributed by atoms with Gasteiger partial charge < -0.3 is 20.4 Å². The van der Waals surface area contributed by atoms with E-state index in [0.717, 1.165) is 29.4 Å². The minimum atomic E-state index is -0.434. The topological polar surface area (TPSA) is 121 Å². The van der Waals surface area contributed by atoms with Crippen LogP contribution in [0.5, 0.6) is 0 Å². The highest BCUT2D eigenvalue weighted by Crippen LogP contribution is 2.32. The van der Waals surface area contributed by atoms with E-state index in [1.165, 1.54) is 6.20 Å². The first-order chi connectivity index (χ1) is 20.4. The molecule has 0 saturated carbocycles. The van der Waals surface area contributed by atoms with Crippen LogP contribution in [0.2, 0.25) is 0 Å². The lowest BCUT2D eigenvalue weighted by atomic mass is 9.98. The van der Waals surface area contributed by atoms with Crippen LogP contribution in [0.25, 0.3) is 32.4 Å². The Kier molecular flexibility index (Phi) is 7.25. The maximum atomic E-state index is 14.5. The van der Waals surface area contributed by atoms with Crippen molar-refractivity contribution in [3.63, 3.8) is 0 Å². The van der Waals surface area contributed by atoms with Gasteiger partial charge >= 0.3 is 0 Å². The Bertz CT molecular complexity index is 1940. The van der Waals surface area contributed by atoms with Gasteiger partial charge in [0.1, 0.15) is 5.82 Å². The van der Waals surface area contributed by atoms with E-state index in [0.29, 0.717) is 35.8 Å². The summed E-state index contributed by atoms with van der Waals surface area (Å²) in [6, 6.07) is 20.1. The first-order valence-corrected chi connectivity index (χ1v) is 13.8. The van der Waals surface area contributed by atoms with Gasteiger partial charge in [0, 0.05) is 49.1 Å². The minimum Gasteiger partial charge on any atom is -0.381 e. The molecule has 4 heterocycles. The second-order valence-corrected chi connectivity index (χ2v) is 10.3. The van der Waals surface area contributed by atoms with E-state index in [1.807, 2.05) is 67.7 Å². The van der Waals surface area contributed by atoms with E-state index in [1.54, 1.807) is 21.3 Å². The Morgan fingerprint density at radius 1 is 1.07 bits per heavy atom. The molecule has 5 aromatic rings. The van der Waals surface area contributed by atoms with Gasteiger partial charge in [-0.1, -0.05) is 36.4 Å². The van der Waals surface area contributed by atoms with Gasteiger partial charge in [0.15, 0.2) is 0 Å². The number of nitrogens with one attached hydrogen (secondary N) is 1. The molecule has 6 rings (SSSR count). The highest BCUT2D eigenvalue weighted by Gasteiger charge is 2.21. The summed E-state index contributed by atoms with van der Waals surface area (Å²) >= 11 is 0. The van der Waals surface area contributed by atoms with Crippen molar-refractivity contribution in [3.8, 4) is 16.8 Å². The number of nitrogen functional groups attached to an aromatic ring is 1. The van der Waals surface area contributed by atoms with Gasteiger partial charge in [-0.25, -0.2) is 14.8 Å². The SMILES string of the molecule is [C-]#[N+]c1cnc(N)nc1N[C@@H](C)c1cc2cccc(-c3ccc(=O)n(C4CCOCC4)c3)c2c(=O)n1-c1ccccc1. The molecule has 1 aliphatic rings. The maximum Gasteiger partial charge on any atom is 0.263 e. The van der Waals surface area contributed by atoms with Crippen molar-refractivity contribution in [1.29, 1.82) is 0 Å². The highest BCUT2D eigenvalue weighted by atomic mass is 16.5. The summed E-state index contributed by atoms with van der Waals surface area (Å²) in [5.41, 5.74) is 8.68. The maximum absolute atomic E-state index is 14.5. The molecule has 0 spiro atoms. The highest BCUT2D eigenvalue weighted by molar-refractivity contribution is 5.96. The Balaban J connectivity index is 1.53. The summed E-state index contributed by atoms with van der Waals surface area (Å²) in [4.78, 5) is 39.0. The molecule has 1 saturated heterocycles. The number of hydrogen-bond acceptors (Lipinski definition) is 7. The number of ether oxygens (including phenoxy) is 1. The third kappa shape index (κ3) is 5.02. The summed E-state index contributed by atoms with van der Waals surface area (Å²) in [6.45, 7) is 10.6. The third-order valence-corrected chi connectivity index (χ3v) is 7.63. The molecule has 0 radical (unpaired) electrons. The number of aromatic nitrogens is 4. The van der Waals surface area contributed by atoms with Gasteiger partial charge in [0.05, 0.1) is 18.0 Å². The van der Waals surface area contributed by atoms with Crippen LogP contribution in [-0.4, -0.2) is 32.3 Å². The van der Waals surface area contributed by atoms with Crippen LogP contribution >= 0.6 is 0 Å². The lowest BCUT2D eigenvalue weighted by Gasteiger charge is -2.25. The number of benzene rings is 2. The predicted molar refractivity (Wildman–Crippen MR) is 163 cm³/mol. The van der Waals surface area contributed by atoms with Gasteiger partial charge in [0.25, 0.3) is 11.1 Å². The Morgan fingerprint density at radius 2 is 1.86 bits per heavy atom. The molecule has 10 heteroatoms. The van der Waals surface area contributed by atoms with Gasteiger partial charge in [-0.15, -0.1) is 0 Å². The number of para-hydroxylation sites is 1. The zero-order valence-corrected chi connectivity index (χ0v) is 23.0. The molecule has 3 aromatic heterocycles. The number of pyridine rings is 2. The van der Waals surface area contributed by atoms with Gasteiger partial charge in [-0.05, 0) is 60.5 Å².